The number of likely N-dealkylation sites (tertiary alicyclic amines) is 1. The monoisotopic (exact) mass is 338 g/mol. The van der Waals surface area contributed by atoms with Crippen LogP contribution >= 0.6 is 0 Å². The third-order valence-electron chi connectivity index (χ3n) is 4.79. The molecule has 1 N–H and O–H groups in total. The Balaban J connectivity index is 1.50. The predicted molar refractivity (Wildman–Crippen MR) is 92.5 cm³/mol. The van der Waals surface area contributed by atoms with Crippen LogP contribution in [0, 0.1) is 5.82 Å². The molecular weight excluding hydrogens is 319 g/mol. The van der Waals surface area contributed by atoms with Gasteiger partial charge in [-0.25, -0.2) is 9.37 Å². The fourth-order valence-corrected chi connectivity index (χ4v) is 3.55. The number of piperidine rings is 1. The van der Waals surface area contributed by atoms with E-state index in [9.17, 15) is 9.18 Å². The summed E-state index contributed by atoms with van der Waals surface area (Å²) in [5.41, 5.74) is 2.47. The van der Waals surface area contributed by atoms with E-state index in [-0.39, 0.29) is 24.1 Å². The number of hydrogen-bond donors (Lipinski definition) is 1. The number of aromatic nitrogens is 3. The summed E-state index contributed by atoms with van der Waals surface area (Å²) in [5, 5.41) is 8.38. The van der Waals surface area contributed by atoms with E-state index in [0.717, 1.165) is 30.5 Å². The molecule has 2 aromatic heterocycles. The van der Waals surface area contributed by atoms with E-state index in [1.54, 1.807) is 18.3 Å². The number of carbonyl (C=O) groups excluding carboxylic acids is 1. The molecule has 128 valence electrons. The first kappa shape index (κ1) is 15.7. The molecule has 3 heterocycles. The van der Waals surface area contributed by atoms with Crippen molar-refractivity contribution in [2.45, 2.75) is 25.2 Å². The van der Waals surface area contributed by atoms with E-state index < -0.39 is 0 Å². The van der Waals surface area contributed by atoms with Crippen molar-refractivity contribution in [3.05, 3.63) is 59.7 Å². The van der Waals surface area contributed by atoms with Crippen molar-refractivity contribution in [3.63, 3.8) is 0 Å². The lowest BCUT2D eigenvalue weighted by Gasteiger charge is -2.32. The van der Waals surface area contributed by atoms with Gasteiger partial charge in [0.05, 0.1) is 6.42 Å². The van der Waals surface area contributed by atoms with E-state index >= 15 is 0 Å². The zero-order valence-electron chi connectivity index (χ0n) is 13.8. The maximum Gasteiger partial charge on any atom is 0.227 e. The Morgan fingerprint density at radius 2 is 2.24 bits per heavy atom. The fourth-order valence-electron chi connectivity index (χ4n) is 3.55. The van der Waals surface area contributed by atoms with Gasteiger partial charge in [-0.05, 0) is 42.7 Å². The third kappa shape index (κ3) is 3.24. The van der Waals surface area contributed by atoms with Gasteiger partial charge in [-0.3, -0.25) is 9.89 Å². The number of hydrogen-bond acceptors (Lipinski definition) is 3. The molecule has 0 unspecified atom stereocenters. The topological polar surface area (TPSA) is 61.9 Å². The number of nitrogens with one attached hydrogen (secondary N) is 1. The Bertz CT molecular complexity index is 907. The summed E-state index contributed by atoms with van der Waals surface area (Å²) < 4.78 is 13.3. The number of H-pyrrole nitrogens is 1. The van der Waals surface area contributed by atoms with Crippen molar-refractivity contribution in [1.29, 1.82) is 0 Å². The molecule has 0 spiro atoms. The number of halogens is 1. The average molecular weight is 338 g/mol. The van der Waals surface area contributed by atoms with Crippen molar-refractivity contribution in [2.24, 2.45) is 0 Å². The molecule has 6 heteroatoms. The molecule has 1 fully saturated rings. The SMILES string of the molecule is O=C(Cc1cccc(F)c1)N1CCC[C@H](c2[nH]nc3ncccc23)C1. The Morgan fingerprint density at radius 3 is 3.12 bits per heavy atom. The molecule has 0 radical (unpaired) electrons. The number of benzene rings is 1. The minimum Gasteiger partial charge on any atom is -0.342 e. The quantitative estimate of drug-likeness (QED) is 0.798. The van der Waals surface area contributed by atoms with Crippen molar-refractivity contribution >= 4 is 16.9 Å². The van der Waals surface area contributed by atoms with Gasteiger partial charge < -0.3 is 4.90 Å². The number of pyridine rings is 1. The molecular formula is C19H19FN4O. The van der Waals surface area contributed by atoms with Gasteiger partial charge in [0.1, 0.15) is 5.82 Å². The first-order valence-corrected chi connectivity index (χ1v) is 8.52. The normalized spacial score (nSPS) is 17.8. The standard InChI is InChI=1S/C19H19FN4O/c20-15-6-1-4-13(10-15)11-17(25)24-9-3-5-14(12-24)18-16-7-2-8-21-19(16)23-22-18/h1-2,4,6-8,10,14H,3,5,9,11-12H2,(H,21,22,23)/t14-/m0/s1. The van der Waals surface area contributed by atoms with Crippen LogP contribution in [-0.2, 0) is 11.2 Å². The van der Waals surface area contributed by atoms with Crippen LogP contribution in [0.15, 0.2) is 42.6 Å². The summed E-state index contributed by atoms with van der Waals surface area (Å²) in [4.78, 5) is 18.8. The van der Waals surface area contributed by atoms with E-state index in [0.29, 0.717) is 17.8 Å². The maximum absolute atomic E-state index is 13.3. The summed E-state index contributed by atoms with van der Waals surface area (Å²) in [5.74, 6) is -0.0464. The van der Waals surface area contributed by atoms with Crippen molar-refractivity contribution in [3.8, 4) is 0 Å². The molecule has 0 aliphatic carbocycles. The van der Waals surface area contributed by atoms with Crippen LogP contribution < -0.4 is 0 Å². The molecule has 0 bridgehead atoms. The van der Waals surface area contributed by atoms with E-state index in [1.165, 1.54) is 12.1 Å². The van der Waals surface area contributed by atoms with Crippen LogP contribution in [0.1, 0.15) is 30.0 Å². The fraction of sp³-hybridized carbons (Fsp3) is 0.316. The highest BCUT2D eigenvalue weighted by atomic mass is 19.1. The van der Waals surface area contributed by atoms with Crippen LogP contribution in [0.3, 0.4) is 0 Å². The average Bonchev–Trinajstić information content (AvgIpc) is 3.06. The molecule has 1 saturated heterocycles. The molecule has 5 nitrogen and oxygen atoms in total. The zero-order valence-corrected chi connectivity index (χ0v) is 13.8. The van der Waals surface area contributed by atoms with Crippen LogP contribution in [0.25, 0.3) is 11.0 Å². The van der Waals surface area contributed by atoms with Crippen LogP contribution in [0.4, 0.5) is 4.39 Å². The maximum atomic E-state index is 13.3. The third-order valence-corrected chi connectivity index (χ3v) is 4.79. The summed E-state index contributed by atoms with van der Waals surface area (Å²) in [6, 6.07) is 10.2. The van der Waals surface area contributed by atoms with Gasteiger partial charge in [-0.15, -0.1) is 0 Å². The van der Waals surface area contributed by atoms with Crippen LogP contribution in [0.2, 0.25) is 0 Å². The van der Waals surface area contributed by atoms with Crippen molar-refractivity contribution < 1.29 is 9.18 Å². The molecule has 4 rings (SSSR count). The predicted octanol–water partition coefficient (Wildman–Crippen LogP) is 3.05. The van der Waals surface area contributed by atoms with Gasteiger partial charge in [0, 0.05) is 36.3 Å². The van der Waals surface area contributed by atoms with Crippen LogP contribution in [-0.4, -0.2) is 39.1 Å². The highest BCUT2D eigenvalue weighted by molar-refractivity contribution is 5.80. The lowest BCUT2D eigenvalue weighted by Crippen LogP contribution is -2.40. The zero-order chi connectivity index (χ0) is 17.2. The van der Waals surface area contributed by atoms with Gasteiger partial charge in [-0.1, -0.05) is 12.1 Å². The number of amides is 1. The molecule has 25 heavy (non-hydrogen) atoms. The summed E-state index contributed by atoms with van der Waals surface area (Å²) >= 11 is 0. The van der Waals surface area contributed by atoms with Gasteiger partial charge in [0.15, 0.2) is 5.65 Å². The number of aromatic amines is 1. The number of rotatable bonds is 3. The second kappa shape index (κ2) is 6.63. The lowest BCUT2D eigenvalue weighted by atomic mass is 9.93. The molecule has 1 aromatic carbocycles. The Morgan fingerprint density at radius 1 is 1.32 bits per heavy atom. The smallest absolute Gasteiger partial charge is 0.227 e. The van der Waals surface area contributed by atoms with Gasteiger partial charge in [0.25, 0.3) is 0 Å². The highest BCUT2D eigenvalue weighted by Gasteiger charge is 2.27. The summed E-state index contributed by atoms with van der Waals surface area (Å²) in [6.45, 7) is 1.40. The number of nitrogens with zero attached hydrogens (tertiary/aromatic N) is 3. The second-order valence-electron chi connectivity index (χ2n) is 6.50. The first-order chi connectivity index (χ1) is 12.2. The Labute approximate surface area is 144 Å². The number of carbonyl (C=O) groups is 1. The lowest BCUT2D eigenvalue weighted by molar-refractivity contribution is -0.131. The molecule has 1 aliphatic heterocycles. The molecule has 1 atom stereocenters. The van der Waals surface area contributed by atoms with E-state index in [1.807, 2.05) is 17.0 Å². The Hall–Kier alpha value is -2.76. The van der Waals surface area contributed by atoms with Crippen molar-refractivity contribution in [1.82, 2.24) is 20.1 Å². The van der Waals surface area contributed by atoms with Gasteiger partial charge in [0.2, 0.25) is 5.91 Å². The minimum atomic E-state index is -0.307. The molecule has 0 saturated carbocycles. The highest BCUT2D eigenvalue weighted by Crippen LogP contribution is 2.30. The summed E-state index contributed by atoms with van der Waals surface area (Å²) in [7, 11) is 0. The minimum absolute atomic E-state index is 0.0391. The second-order valence-corrected chi connectivity index (χ2v) is 6.50. The molecule has 3 aromatic rings. The first-order valence-electron chi connectivity index (χ1n) is 8.52. The van der Waals surface area contributed by atoms with Gasteiger partial charge in [-0.2, -0.15) is 5.10 Å². The molecule has 1 aliphatic rings. The van der Waals surface area contributed by atoms with Gasteiger partial charge >= 0.3 is 0 Å². The number of fused-ring (bicyclic) bond motifs is 1. The summed E-state index contributed by atoms with van der Waals surface area (Å²) in [6.07, 6.45) is 3.91. The van der Waals surface area contributed by atoms with Crippen LogP contribution in [0.5, 0.6) is 0 Å². The largest absolute Gasteiger partial charge is 0.342 e. The van der Waals surface area contributed by atoms with Crippen molar-refractivity contribution in [2.75, 3.05) is 13.1 Å². The van der Waals surface area contributed by atoms with E-state index in [2.05, 4.69) is 15.2 Å². The molecule has 1 amide bonds. The Kier molecular flexibility index (Phi) is 4.17. The van der Waals surface area contributed by atoms with E-state index in [4.69, 9.17) is 0 Å².